The van der Waals surface area contributed by atoms with Gasteiger partial charge in [-0.2, -0.15) is 0 Å². The van der Waals surface area contributed by atoms with Crippen molar-refractivity contribution in [2.75, 3.05) is 5.32 Å². The summed E-state index contributed by atoms with van der Waals surface area (Å²) in [5.41, 5.74) is -0.699. The van der Waals surface area contributed by atoms with E-state index in [0.29, 0.717) is 0 Å². The Kier molecular flexibility index (Phi) is 3.60. The summed E-state index contributed by atoms with van der Waals surface area (Å²) in [6.45, 7) is 0. The molecule has 0 aliphatic carbocycles. The number of hydrogen-bond donors (Lipinski definition) is 3. The predicted octanol–water partition coefficient (Wildman–Crippen LogP) is 1.88. The van der Waals surface area contributed by atoms with E-state index in [-0.39, 0.29) is 16.9 Å². The van der Waals surface area contributed by atoms with Gasteiger partial charge in [0.15, 0.2) is 5.69 Å². The van der Waals surface area contributed by atoms with Crippen molar-refractivity contribution in [2.24, 2.45) is 0 Å². The maximum absolute atomic E-state index is 13.1. The Hall–Kier alpha value is -2.96. The number of phenols is 1. The van der Waals surface area contributed by atoms with Crippen molar-refractivity contribution < 1.29 is 24.2 Å². The van der Waals surface area contributed by atoms with Crippen LogP contribution < -0.4 is 5.32 Å². The molecule has 6 nitrogen and oxygen atoms in total. The molecule has 1 heterocycles. The number of carboxylic acid groups (broad SMARTS) is 1. The number of carboxylic acids is 1. The largest absolute Gasteiger partial charge is 0.507 e. The molecule has 0 saturated carbocycles. The van der Waals surface area contributed by atoms with E-state index in [9.17, 15) is 19.1 Å². The molecule has 1 aromatic carbocycles. The lowest BCUT2D eigenvalue weighted by Crippen LogP contribution is -2.16. The molecule has 7 heteroatoms. The topological polar surface area (TPSA) is 99.5 Å². The minimum Gasteiger partial charge on any atom is -0.507 e. The molecule has 0 radical (unpaired) electrons. The van der Waals surface area contributed by atoms with E-state index in [1.54, 1.807) is 0 Å². The van der Waals surface area contributed by atoms with E-state index in [1.165, 1.54) is 18.3 Å². The van der Waals surface area contributed by atoms with Gasteiger partial charge in [0.05, 0.1) is 11.3 Å². The van der Waals surface area contributed by atoms with E-state index >= 15 is 0 Å². The van der Waals surface area contributed by atoms with Crippen molar-refractivity contribution in [1.29, 1.82) is 0 Å². The zero-order valence-electron chi connectivity index (χ0n) is 10.0. The van der Waals surface area contributed by atoms with Gasteiger partial charge in [-0.05, 0) is 30.3 Å². The van der Waals surface area contributed by atoms with Crippen molar-refractivity contribution in [3.63, 3.8) is 0 Å². The van der Waals surface area contributed by atoms with Crippen LogP contribution in [0.3, 0.4) is 0 Å². The molecule has 0 unspecified atom stereocenters. The molecule has 1 aromatic heterocycles. The van der Waals surface area contributed by atoms with Gasteiger partial charge in [0.25, 0.3) is 5.91 Å². The average molecular weight is 276 g/mol. The van der Waals surface area contributed by atoms with Crippen LogP contribution in [0.25, 0.3) is 0 Å². The summed E-state index contributed by atoms with van der Waals surface area (Å²) < 4.78 is 13.1. The number of halogens is 1. The number of hydrogen-bond acceptors (Lipinski definition) is 4. The van der Waals surface area contributed by atoms with Crippen molar-refractivity contribution >= 4 is 17.6 Å². The van der Waals surface area contributed by atoms with Gasteiger partial charge in [-0.1, -0.05) is 0 Å². The van der Waals surface area contributed by atoms with Gasteiger partial charge in [0.2, 0.25) is 0 Å². The Bertz CT molecular complexity index is 688. The number of rotatable bonds is 3. The lowest BCUT2D eigenvalue weighted by molar-refractivity contribution is 0.0691. The van der Waals surface area contributed by atoms with Gasteiger partial charge in [0.1, 0.15) is 11.6 Å². The summed E-state index contributed by atoms with van der Waals surface area (Å²) >= 11 is 0. The molecule has 0 atom stereocenters. The Morgan fingerprint density at radius 2 is 2.00 bits per heavy atom. The van der Waals surface area contributed by atoms with Crippen LogP contribution >= 0.6 is 0 Å². The number of nitrogens with zero attached hydrogens (tertiary/aromatic N) is 1. The second-order valence-electron chi connectivity index (χ2n) is 3.82. The van der Waals surface area contributed by atoms with Crippen molar-refractivity contribution in [2.45, 2.75) is 0 Å². The van der Waals surface area contributed by atoms with Crippen LogP contribution in [0.1, 0.15) is 20.8 Å². The third-order valence-corrected chi connectivity index (χ3v) is 2.46. The highest BCUT2D eigenvalue weighted by Gasteiger charge is 2.17. The van der Waals surface area contributed by atoms with Crippen LogP contribution in [0.2, 0.25) is 0 Å². The minimum atomic E-state index is -1.32. The molecule has 0 saturated heterocycles. The number of pyridine rings is 1. The van der Waals surface area contributed by atoms with E-state index in [0.717, 1.165) is 18.2 Å². The number of benzene rings is 1. The fourth-order valence-corrected chi connectivity index (χ4v) is 1.56. The van der Waals surface area contributed by atoms with Crippen LogP contribution in [0.5, 0.6) is 5.75 Å². The monoisotopic (exact) mass is 276 g/mol. The number of nitrogens with one attached hydrogen (secondary N) is 1. The Labute approximate surface area is 112 Å². The van der Waals surface area contributed by atoms with Crippen molar-refractivity contribution in [3.05, 3.63) is 53.6 Å². The molecule has 20 heavy (non-hydrogen) atoms. The molecule has 0 bridgehead atoms. The zero-order chi connectivity index (χ0) is 14.7. The maximum atomic E-state index is 13.1. The zero-order valence-corrected chi connectivity index (χ0v) is 10.0. The first kappa shape index (κ1) is 13.5. The molecule has 3 N–H and O–H groups in total. The van der Waals surface area contributed by atoms with Crippen LogP contribution in [-0.4, -0.2) is 27.1 Å². The third kappa shape index (κ3) is 2.72. The Balaban J connectivity index is 2.33. The van der Waals surface area contributed by atoms with Gasteiger partial charge in [-0.25, -0.2) is 14.2 Å². The average Bonchev–Trinajstić information content (AvgIpc) is 2.41. The Morgan fingerprint density at radius 3 is 2.70 bits per heavy atom. The van der Waals surface area contributed by atoms with Crippen LogP contribution in [0.15, 0.2) is 36.5 Å². The molecule has 2 aromatic rings. The van der Waals surface area contributed by atoms with Crippen molar-refractivity contribution in [3.8, 4) is 5.75 Å². The minimum absolute atomic E-state index is 0.0475. The number of phenolic OH excluding ortho intramolecular Hbond substituents is 1. The lowest BCUT2D eigenvalue weighted by atomic mass is 10.1. The molecule has 2 rings (SSSR count). The van der Waals surface area contributed by atoms with Gasteiger partial charge < -0.3 is 15.5 Å². The summed E-state index contributed by atoms with van der Waals surface area (Å²) in [7, 11) is 0. The molecule has 0 spiro atoms. The number of amides is 1. The van der Waals surface area contributed by atoms with E-state index < -0.39 is 23.4 Å². The van der Waals surface area contributed by atoms with Gasteiger partial charge in [-0.15, -0.1) is 0 Å². The number of carbonyl (C=O) groups is 2. The SMILES string of the molecule is O=C(Nc1cccnc1C(=O)O)c1cc(F)ccc1O. The normalized spacial score (nSPS) is 10.1. The van der Waals surface area contributed by atoms with E-state index in [1.807, 2.05) is 0 Å². The number of aromatic carboxylic acids is 1. The maximum Gasteiger partial charge on any atom is 0.356 e. The Morgan fingerprint density at radius 1 is 1.25 bits per heavy atom. The third-order valence-electron chi connectivity index (χ3n) is 2.46. The molecular weight excluding hydrogens is 267 g/mol. The smallest absolute Gasteiger partial charge is 0.356 e. The molecule has 1 amide bonds. The van der Waals surface area contributed by atoms with Crippen LogP contribution in [0.4, 0.5) is 10.1 Å². The highest BCUT2D eigenvalue weighted by Crippen LogP contribution is 2.20. The van der Waals surface area contributed by atoms with E-state index in [4.69, 9.17) is 5.11 Å². The fraction of sp³-hybridized carbons (Fsp3) is 0. The predicted molar refractivity (Wildman–Crippen MR) is 67.2 cm³/mol. The van der Waals surface area contributed by atoms with Gasteiger partial charge in [0, 0.05) is 6.20 Å². The summed E-state index contributed by atoms with van der Waals surface area (Å²) in [5.74, 6) is -3.26. The number of aromatic nitrogens is 1. The van der Waals surface area contributed by atoms with Gasteiger partial charge in [-0.3, -0.25) is 4.79 Å². The number of anilines is 1. The van der Waals surface area contributed by atoms with Gasteiger partial charge >= 0.3 is 5.97 Å². The summed E-state index contributed by atoms with van der Waals surface area (Å²) in [6, 6.07) is 5.66. The quantitative estimate of drug-likeness (QED) is 0.794. The summed E-state index contributed by atoms with van der Waals surface area (Å²) in [6.07, 6.45) is 1.26. The highest BCUT2D eigenvalue weighted by molar-refractivity contribution is 6.08. The first-order valence-electron chi connectivity index (χ1n) is 5.47. The standard InChI is InChI=1S/C13H9FN2O4/c14-7-3-4-10(17)8(6-7)12(18)16-9-2-1-5-15-11(9)13(19)20/h1-6,17H,(H,16,18)(H,19,20). The highest BCUT2D eigenvalue weighted by atomic mass is 19.1. The van der Waals surface area contributed by atoms with Crippen LogP contribution in [0, 0.1) is 5.82 Å². The lowest BCUT2D eigenvalue weighted by Gasteiger charge is -2.08. The molecule has 0 aliphatic rings. The molecule has 102 valence electrons. The first-order chi connectivity index (χ1) is 9.49. The first-order valence-corrected chi connectivity index (χ1v) is 5.47. The van der Waals surface area contributed by atoms with Crippen molar-refractivity contribution in [1.82, 2.24) is 4.98 Å². The van der Waals surface area contributed by atoms with E-state index in [2.05, 4.69) is 10.3 Å². The summed E-state index contributed by atoms with van der Waals surface area (Å²) in [4.78, 5) is 26.5. The van der Waals surface area contributed by atoms with Crippen LogP contribution in [-0.2, 0) is 0 Å². The molecular formula is C13H9FN2O4. The molecule has 0 aliphatic heterocycles. The number of aromatic hydroxyl groups is 1. The second kappa shape index (κ2) is 5.35. The summed E-state index contributed by atoms with van der Waals surface area (Å²) in [5, 5.41) is 20.7. The fourth-order valence-electron chi connectivity index (χ4n) is 1.56. The number of carbonyl (C=O) groups excluding carboxylic acids is 1. The molecule has 0 fully saturated rings. The second-order valence-corrected chi connectivity index (χ2v) is 3.82.